The lowest BCUT2D eigenvalue weighted by Crippen LogP contribution is -2.42. The summed E-state index contributed by atoms with van der Waals surface area (Å²) in [4.78, 5) is 0. The van der Waals surface area contributed by atoms with Crippen LogP contribution < -0.4 is 11.3 Å². The van der Waals surface area contributed by atoms with E-state index in [1.807, 2.05) is 0 Å². The quantitative estimate of drug-likeness (QED) is 0.372. The van der Waals surface area contributed by atoms with Gasteiger partial charge < -0.3 is 0 Å². The van der Waals surface area contributed by atoms with Crippen molar-refractivity contribution in [3.63, 3.8) is 0 Å². The first kappa shape index (κ1) is 17.2. The minimum Gasteiger partial charge on any atom is -0.271 e. The molecule has 0 aliphatic carbocycles. The number of hydrogen-bond donors (Lipinski definition) is 2. The number of benzene rings is 1. The molecule has 0 aliphatic rings. The summed E-state index contributed by atoms with van der Waals surface area (Å²) >= 11 is 0. The fourth-order valence-electron chi connectivity index (χ4n) is 3.04. The smallest absolute Gasteiger partial charge is 0.0281 e. The second-order valence-corrected chi connectivity index (χ2v) is 5.94. The number of nitrogens with two attached hydrogens (primary N) is 1. The summed E-state index contributed by atoms with van der Waals surface area (Å²) < 4.78 is 0. The molecule has 1 aromatic rings. The van der Waals surface area contributed by atoms with Gasteiger partial charge in [0.2, 0.25) is 0 Å². The summed E-state index contributed by atoms with van der Waals surface area (Å²) in [5, 5.41) is 0. The van der Waals surface area contributed by atoms with Crippen LogP contribution in [0, 0.1) is 5.92 Å². The minimum absolute atomic E-state index is 0.379. The van der Waals surface area contributed by atoms with Crippen molar-refractivity contribution >= 4 is 0 Å². The van der Waals surface area contributed by atoms with E-state index in [-0.39, 0.29) is 0 Å². The van der Waals surface area contributed by atoms with E-state index in [0.29, 0.717) is 17.9 Å². The molecule has 0 aromatic heterocycles. The van der Waals surface area contributed by atoms with Crippen LogP contribution in [0.5, 0.6) is 0 Å². The lowest BCUT2D eigenvalue weighted by molar-refractivity contribution is 0.316. The van der Waals surface area contributed by atoms with E-state index < -0.39 is 0 Å². The van der Waals surface area contributed by atoms with Crippen molar-refractivity contribution in [1.82, 2.24) is 5.43 Å². The van der Waals surface area contributed by atoms with Crippen LogP contribution in [-0.4, -0.2) is 6.04 Å². The third-order valence-electron chi connectivity index (χ3n) is 4.46. The monoisotopic (exact) mass is 276 g/mol. The molecule has 0 bridgehead atoms. The lowest BCUT2D eigenvalue weighted by Gasteiger charge is -2.31. The van der Waals surface area contributed by atoms with Crippen LogP contribution in [0.15, 0.2) is 30.3 Å². The Morgan fingerprint density at radius 1 is 1.05 bits per heavy atom. The van der Waals surface area contributed by atoms with Gasteiger partial charge in [0.1, 0.15) is 0 Å². The van der Waals surface area contributed by atoms with Gasteiger partial charge in [-0.1, -0.05) is 83.2 Å². The zero-order chi connectivity index (χ0) is 14.8. The summed E-state index contributed by atoms with van der Waals surface area (Å²) in [5.41, 5.74) is 4.51. The van der Waals surface area contributed by atoms with E-state index >= 15 is 0 Å². The van der Waals surface area contributed by atoms with Gasteiger partial charge in [-0.15, -0.1) is 0 Å². The van der Waals surface area contributed by atoms with Gasteiger partial charge in [-0.25, -0.2) is 0 Å². The zero-order valence-corrected chi connectivity index (χ0v) is 13.4. The van der Waals surface area contributed by atoms with Gasteiger partial charge in [0.15, 0.2) is 0 Å². The van der Waals surface area contributed by atoms with Crippen LogP contribution in [0.1, 0.15) is 70.8 Å². The molecule has 20 heavy (non-hydrogen) atoms. The number of hydrogen-bond acceptors (Lipinski definition) is 2. The Hall–Kier alpha value is -0.860. The molecule has 3 unspecified atom stereocenters. The Balaban J connectivity index is 2.74. The van der Waals surface area contributed by atoms with Crippen molar-refractivity contribution in [3.8, 4) is 0 Å². The van der Waals surface area contributed by atoms with Gasteiger partial charge in [-0.2, -0.15) is 0 Å². The highest BCUT2D eigenvalue weighted by Crippen LogP contribution is 2.32. The standard InChI is InChI=1S/C18H32N2/c1-4-6-7-11-14-17(20-19)18(15(3)5-2)16-12-9-8-10-13-16/h8-10,12-13,15,17-18,20H,4-7,11,14,19H2,1-3H3. The van der Waals surface area contributed by atoms with Crippen LogP contribution in [-0.2, 0) is 0 Å². The zero-order valence-electron chi connectivity index (χ0n) is 13.4. The van der Waals surface area contributed by atoms with Crippen LogP contribution in [0.3, 0.4) is 0 Å². The highest BCUT2D eigenvalue weighted by atomic mass is 15.2. The summed E-state index contributed by atoms with van der Waals surface area (Å²) in [6.45, 7) is 6.86. The Bertz CT molecular complexity index is 337. The fourth-order valence-corrected chi connectivity index (χ4v) is 3.04. The molecule has 0 saturated heterocycles. The Morgan fingerprint density at radius 3 is 2.30 bits per heavy atom. The summed E-state index contributed by atoms with van der Waals surface area (Å²) in [5.74, 6) is 7.02. The van der Waals surface area contributed by atoms with E-state index in [4.69, 9.17) is 5.84 Å². The van der Waals surface area contributed by atoms with Gasteiger partial charge in [-0.3, -0.25) is 11.3 Å². The molecule has 2 heteroatoms. The van der Waals surface area contributed by atoms with Crippen LogP contribution in [0.2, 0.25) is 0 Å². The Morgan fingerprint density at radius 2 is 1.75 bits per heavy atom. The van der Waals surface area contributed by atoms with Crippen molar-refractivity contribution < 1.29 is 0 Å². The molecular weight excluding hydrogens is 244 g/mol. The van der Waals surface area contributed by atoms with Gasteiger partial charge in [-0.05, 0) is 17.9 Å². The molecule has 0 spiro atoms. The topological polar surface area (TPSA) is 38.0 Å². The van der Waals surface area contributed by atoms with E-state index in [1.54, 1.807) is 0 Å². The minimum atomic E-state index is 0.379. The number of nitrogens with one attached hydrogen (secondary N) is 1. The molecule has 0 amide bonds. The van der Waals surface area contributed by atoms with Crippen molar-refractivity contribution in [2.45, 2.75) is 71.3 Å². The number of rotatable bonds is 10. The maximum absolute atomic E-state index is 5.87. The lowest BCUT2D eigenvalue weighted by atomic mass is 9.78. The molecule has 3 N–H and O–H groups in total. The Labute approximate surface area is 125 Å². The highest BCUT2D eigenvalue weighted by Gasteiger charge is 2.26. The fraction of sp³-hybridized carbons (Fsp3) is 0.667. The second kappa shape index (κ2) is 9.95. The van der Waals surface area contributed by atoms with Crippen molar-refractivity contribution in [2.75, 3.05) is 0 Å². The van der Waals surface area contributed by atoms with Crippen LogP contribution >= 0.6 is 0 Å². The van der Waals surface area contributed by atoms with Gasteiger partial charge in [0, 0.05) is 12.0 Å². The molecule has 2 nitrogen and oxygen atoms in total. The largest absolute Gasteiger partial charge is 0.271 e. The highest BCUT2D eigenvalue weighted by molar-refractivity contribution is 5.22. The number of hydrazine groups is 1. The molecule has 0 radical (unpaired) electrons. The third-order valence-corrected chi connectivity index (χ3v) is 4.46. The molecule has 3 atom stereocenters. The second-order valence-electron chi connectivity index (χ2n) is 5.94. The predicted molar refractivity (Wildman–Crippen MR) is 88.5 cm³/mol. The summed E-state index contributed by atoms with van der Waals surface area (Å²) in [7, 11) is 0. The average molecular weight is 276 g/mol. The normalized spacial score (nSPS) is 15.8. The van der Waals surface area contributed by atoms with Gasteiger partial charge >= 0.3 is 0 Å². The third kappa shape index (κ3) is 5.26. The molecule has 0 fully saturated rings. The van der Waals surface area contributed by atoms with Crippen molar-refractivity contribution in [3.05, 3.63) is 35.9 Å². The molecular formula is C18H32N2. The SMILES string of the molecule is CCCCCCC(NN)C(c1ccccc1)C(C)CC. The molecule has 114 valence electrons. The summed E-state index contributed by atoms with van der Waals surface area (Å²) in [6, 6.07) is 11.2. The molecule has 0 heterocycles. The van der Waals surface area contributed by atoms with Crippen molar-refractivity contribution in [2.24, 2.45) is 11.8 Å². The predicted octanol–water partition coefficient (Wildman–Crippen LogP) is 4.62. The molecule has 0 saturated carbocycles. The first-order valence-corrected chi connectivity index (χ1v) is 8.25. The molecule has 1 rings (SSSR count). The average Bonchev–Trinajstić information content (AvgIpc) is 2.50. The summed E-state index contributed by atoms with van der Waals surface area (Å²) in [6.07, 6.45) is 7.55. The van der Waals surface area contributed by atoms with Crippen LogP contribution in [0.25, 0.3) is 0 Å². The maximum atomic E-state index is 5.87. The van der Waals surface area contributed by atoms with E-state index in [0.717, 1.165) is 0 Å². The molecule has 1 aromatic carbocycles. The molecule has 0 aliphatic heterocycles. The van der Waals surface area contributed by atoms with Gasteiger partial charge in [0.25, 0.3) is 0 Å². The van der Waals surface area contributed by atoms with Crippen LogP contribution in [0.4, 0.5) is 0 Å². The number of unbranched alkanes of at least 4 members (excludes halogenated alkanes) is 3. The first-order valence-electron chi connectivity index (χ1n) is 8.25. The Kier molecular flexibility index (Phi) is 8.56. The van der Waals surface area contributed by atoms with E-state index in [9.17, 15) is 0 Å². The first-order chi connectivity index (χ1) is 9.74. The maximum Gasteiger partial charge on any atom is 0.0281 e. The van der Waals surface area contributed by atoms with Gasteiger partial charge in [0.05, 0.1) is 0 Å². The van der Waals surface area contributed by atoms with Crippen molar-refractivity contribution in [1.29, 1.82) is 0 Å². The van der Waals surface area contributed by atoms with E-state index in [1.165, 1.54) is 44.1 Å². The van der Waals surface area contributed by atoms with E-state index in [2.05, 4.69) is 56.5 Å².